The molecule has 2 aliphatic carbocycles. The van der Waals surface area contributed by atoms with E-state index < -0.39 is 0 Å². The lowest BCUT2D eigenvalue weighted by Gasteiger charge is -2.20. The highest BCUT2D eigenvalue weighted by Crippen LogP contribution is 2.46. The van der Waals surface area contributed by atoms with E-state index in [9.17, 15) is 0 Å². The zero-order valence-electron chi connectivity index (χ0n) is 13.2. The number of rotatable bonds is 5. The lowest BCUT2D eigenvalue weighted by molar-refractivity contribution is 0.171. The van der Waals surface area contributed by atoms with Gasteiger partial charge in [0.15, 0.2) is 16.7 Å². The van der Waals surface area contributed by atoms with Crippen LogP contribution in [0.4, 0.5) is 0 Å². The summed E-state index contributed by atoms with van der Waals surface area (Å²) in [6, 6.07) is 4.59. The van der Waals surface area contributed by atoms with E-state index in [-0.39, 0.29) is 0 Å². The van der Waals surface area contributed by atoms with E-state index in [1.807, 2.05) is 12.1 Å². The summed E-state index contributed by atoms with van der Waals surface area (Å²) in [5, 5.41) is 10.6. The number of thioether (sulfide) groups is 1. The standard InChI is InChI=1S/C17H18ClN3O2S/c18-13-7-10(8-14-15(13)23-6-5-22-14)9-24-17-20-19-16(11-1-2-11)21(17)12-3-4-12/h7-8,11-12H,1-6,9H2. The van der Waals surface area contributed by atoms with Crippen molar-refractivity contribution in [1.82, 2.24) is 14.8 Å². The van der Waals surface area contributed by atoms with Crippen molar-refractivity contribution in [3.63, 3.8) is 0 Å². The molecule has 5 rings (SSSR count). The van der Waals surface area contributed by atoms with E-state index in [1.54, 1.807) is 11.8 Å². The summed E-state index contributed by atoms with van der Waals surface area (Å²) in [6.07, 6.45) is 5.02. The van der Waals surface area contributed by atoms with Gasteiger partial charge < -0.3 is 14.0 Å². The molecular formula is C17H18ClN3O2S. The third-order valence-electron chi connectivity index (χ3n) is 4.57. The van der Waals surface area contributed by atoms with Crippen molar-refractivity contribution in [2.24, 2.45) is 0 Å². The van der Waals surface area contributed by atoms with Crippen molar-refractivity contribution in [2.75, 3.05) is 13.2 Å². The Morgan fingerprint density at radius 1 is 1.12 bits per heavy atom. The second kappa shape index (κ2) is 5.85. The van der Waals surface area contributed by atoms with Crippen molar-refractivity contribution in [2.45, 2.75) is 48.6 Å². The molecule has 0 unspecified atom stereocenters. The molecule has 3 aliphatic rings. The Bertz CT molecular complexity index is 786. The van der Waals surface area contributed by atoms with E-state index in [2.05, 4.69) is 14.8 Å². The van der Waals surface area contributed by atoms with Gasteiger partial charge in [-0.25, -0.2) is 0 Å². The van der Waals surface area contributed by atoms with E-state index in [1.165, 1.54) is 31.5 Å². The van der Waals surface area contributed by atoms with Crippen molar-refractivity contribution in [3.05, 3.63) is 28.5 Å². The first-order valence-electron chi connectivity index (χ1n) is 8.45. The zero-order valence-corrected chi connectivity index (χ0v) is 14.8. The predicted octanol–water partition coefficient (Wildman–Crippen LogP) is 4.21. The van der Waals surface area contributed by atoms with Crippen molar-refractivity contribution >= 4 is 23.4 Å². The predicted molar refractivity (Wildman–Crippen MR) is 92.3 cm³/mol. The minimum atomic E-state index is 0.551. The summed E-state index contributed by atoms with van der Waals surface area (Å²) in [6.45, 7) is 1.12. The largest absolute Gasteiger partial charge is 0.486 e. The third kappa shape index (κ3) is 2.75. The molecule has 0 atom stereocenters. The molecule has 0 N–H and O–H groups in total. The molecular weight excluding hydrogens is 346 g/mol. The lowest BCUT2D eigenvalue weighted by Crippen LogP contribution is -2.15. The summed E-state index contributed by atoms with van der Waals surface area (Å²) in [5.41, 5.74) is 1.12. The van der Waals surface area contributed by atoms with Crippen LogP contribution in [0.25, 0.3) is 0 Å². The van der Waals surface area contributed by atoms with E-state index in [0.29, 0.717) is 35.9 Å². The summed E-state index contributed by atoms with van der Waals surface area (Å²) < 4.78 is 13.6. The van der Waals surface area contributed by atoms with Crippen molar-refractivity contribution < 1.29 is 9.47 Å². The SMILES string of the molecule is Clc1cc(CSc2nnc(C3CC3)n2C2CC2)cc2c1OCCO2. The molecule has 0 saturated heterocycles. The number of ether oxygens (including phenoxy) is 2. The van der Waals surface area contributed by atoms with Gasteiger partial charge in [-0.1, -0.05) is 23.4 Å². The molecule has 2 aromatic rings. The van der Waals surface area contributed by atoms with Gasteiger partial charge in [-0.2, -0.15) is 0 Å². The zero-order chi connectivity index (χ0) is 16.1. The summed E-state index contributed by atoms with van der Waals surface area (Å²) >= 11 is 8.06. The fourth-order valence-electron chi connectivity index (χ4n) is 3.08. The molecule has 126 valence electrons. The average Bonchev–Trinajstić information content (AvgIpc) is 3.52. The van der Waals surface area contributed by atoms with Gasteiger partial charge in [0.2, 0.25) is 0 Å². The van der Waals surface area contributed by atoms with Crippen LogP contribution in [0, 0.1) is 0 Å². The fraction of sp³-hybridized carbons (Fsp3) is 0.529. The molecule has 1 aliphatic heterocycles. The number of aromatic nitrogens is 3. The highest BCUT2D eigenvalue weighted by molar-refractivity contribution is 7.98. The Kier molecular flexibility index (Phi) is 3.63. The minimum Gasteiger partial charge on any atom is -0.486 e. The van der Waals surface area contributed by atoms with Gasteiger partial charge in [0, 0.05) is 17.7 Å². The monoisotopic (exact) mass is 363 g/mol. The van der Waals surface area contributed by atoms with Gasteiger partial charge in [0.1, 0.15) is 19.0 Å². The minimum absolute atomic E-state index is 0.551. The maximum Gasteiger partial charge on any atom is 0.191 e. The number of benzene rings is 1. The second-order valence-electron chi connectivity index (χ2n) is 6.61. The van der Waals surface area contributed by atoms with Crippen LogP contribution in [0.2, 0.25) is 5.02 Å². The molecule has 0 amide bonds. The molecule has 2 fully saturated rings. The van der Waals surface area contributed by atoms with Gasteiger partial charge in [0.25, 0.3) is 0 Å². The maximum atomic E-state index is 6.33. The smallest absolute Gasteiger partial charge is 0.191 e. The van der Waals surface area contributed by atoms with E-state index in [0.717, 1.165) is 22.2 Å². The Balaban J connectivity index is 1.37. The Hall–Kier alpha value is -1.40. The number of nitrogens with zero attached hydrogens (tertiary/aromatic N) is 3. The topological polar surface area (TPSA) is 49.2 Å². The molecule has 1 aromatic heterocycles. The highest BCUT2D eigenvalue weighted by atomic mass is 35.5. The molecule has 0 spiro atoms. The van der Waals surface area contributed by atoms with Crippen LogP contribution >= 0.6 is 23.4 Å². The van der Waals surface area contributed by atoms with Crippen LogP contribution in [-0.2, 0) is 5.75 Å². The fourth-order valence-corrected chi connectivity index (χ4v) is 4.31. The van der Waals surface area contributed by atoms with Gasteiger partial charge in [-0.3, -0.25) is 0 Å². The molecule has 7 heteroatoms. The molecule has 0 radical (unpaired) electrons. The van der Waals surface area contributed by atoms with Gasteiger partial charge in [0.05, 0.1) is 5.02 Å². The summed E-state index contributed by atoms with van der Waals surface area (Å²) in [7, 11) is 0. The van der Waals surface area contributed by atoms with Crippen molar-refractivity contribution in [3.8, 4) is 11.5 Å². The number of hydrogen-bond acceptors (Lipinski definition) is 5. The van der Waals surface area contributed by atoms with E-state index in [4.69, 9.17) is 21.1 Å². The number of fused-ring (bicyclic) bond motifs is 1. The van der Waals surface area contributed by atoms with Gasteiger partial charge in [-0.05, 0) is 43.4 Å². The van der Waals surface area contributed by atoms with Crippen molar-refractivity contribution in [1.29, 1.82) is 0 Å². The number of halogens is 1. The van der Waals surface area contributed by atoms with Crippen LogP contribution in [-0.4, -0.2) is 28.0 Å². The molecule has 1 aromatic carbocycles. The summed E-state index contributed by atoms with van der Waals surface area (Å²) in [5.74, 6) is 4.03. The first kappa shape index (κ1) is 14.9. The third-order valence-corrected chi connectivity index (χ3v) is 5.86. The summed E-state index contributed by atoms with van der Waals surface area (Å²) in [4.78, 5) is 0. The van der Waals surface area contributed by atoms with E-state index >= 15 is 0 Å². The van der Waals surface area contributed by atoms with Crippen LogP contribution < -0.4 is 9.47 Å². The highest BCUT2D eigenvalue weighted by Gasteiger charge is 2.36. The Morgan fingerprint density at radius 3 is 2.75 bits per heavy atom. The molecule has 2 heterocycles. The second-order valence-corrected chi connectivity index (χ2v) is 7.96. The molecule has 2 saturated carbocycles. The first-order valence-corrected chi connectivity index (χ1v) is 9.81. The van der Waals surface area contributed by atoms with Gasteiger partial charge in [-0.15, -0.1) is 10.2 Å². The lowest BCUT2D eigenvalue weighted by atomic mass is 10.2. The molecule has 24 heavy (non-hydrogen) atoms. The Labute approximate surface area is 149 Å². The maximum absolute atomic E-state index is 6.33. The van der Waals surface area contributed by atoms with Gasteiger partial charge >= 0.3 is 0 Å². The molecule has 0 bridgehead atoms. The average molecular weight is 364 g/mol. The van der Waals surface area contributed by atoms with Crippen LogP contribution in [0.5, 0.6) is 11.5 Å². The first-order chi connectivity index (χ1) is 11.8. The Morgan fingerprint density at radius 2 is 1.96 bits per heavy atom. The number of hydrogen-bond donors (Lipinski definition) is 0. The van der Waals surface area contributed by atoms with Crippen LogP contribution in [0.15, 0.2) is 17.3 Å². The normalized spacial score (nSPS) is 19.5. The quantitative estimate of drug-likeness (QED) is 0.745. The molecule has 5 nitrogen and oxygen atoms in total. The van der Waals surface area contributed by atoms with Crippen LogP contribution in [0.1, 0.15) is 49.0 Å². The van der Waals surface area contributed by atoms with Crippen LogP contribution in [0.3, 0.4) is 0 Å².